The number of ether oxygens (including phenoxy) is 2. The van der Waals surface area contributed by atoms with Crippen LogP contribution in [0.25, 0.3) is 10.8 Å². The molecule has 0 radical (unpaired) electrons. The molecule has 0 heterocycles. The van der Waals surface area contributed by atoms with Crippen molar-refractivity contribution in [3.63, 3.8) is 0 Å². The summed E-state index contributed by atoms with van der Waals surface area (Å²) in [5.41, 5.74) is 0.471. The van der Waals surface area contributed by atoms with Crippen LogP contribution in [0.3, 0.4) is 0 Å². The van der Waals surface area contributed by atoms with Crippen LogP contribution in [0.1, 0.15) is 37.0 Å². The van der Waals surface area contributed by atoms with Crippen LogP contribution in [0.15, 0.2) is 34.8 Å². The molecule has 0 atom stereocenters. The zero-order chi connectivity index (χ0) is 15.2. The molecule has 0 aliphatic heterocycles. The Morgan fingerprint density at radius 1 is 1.24 bits per heavy atom. The van der Waals surface area contributed by atoms with E-state index in [4.69, 9.17) is 9.47 Å². The van der Waals surface area contributed by atoms with Crippen molar-refractivity contribution >= 4 is 32.7 Å². The largest absolute Gasteiger partial charge is 0.491 e. The van der Waals surface area contributed by atoms with E-state index in [1.165, 1.54) is 0 Å². The minimum atomic E-state index is -0.351. The van der Waals surface area contributed by atoms with Crippen molar-refractivity contribution in [1.29, 1.82) is 0 Å². The number of hydrogen-bond acceptors (Lipinski definition) is 3. The van der Waals surface area contributed by atoms with Gasteiger partial charge in [0.25, 0.3) is 0 Å². The average Bonchev–Trinajstić information content (AvgIpc) is 2.49. The molecule has 2 rings (SSSR count). The fourth-order valence-electron chi connectivity index (χ4n) is 2.10. The molecule has 0 fully saturated rings. The molecule has 4 heteroatoms. The van der Waals surface area contributed by atoms with Gasteiger partial charge >= 0.3 is 5.97 Å². The SMILES string of the molecule is CCCCOc1c(C(=O)OCC)cc2ccccc2c1Br. The predicted octanol–water partition coefficient (Wildman–Crippen LogP) is 4.96. The highest BCUT2D eigenvalue weighted by Gasteiger charge is 2.19. The van der Waals surface area contributed by atoms with E-state index in [9.17, 15) is 4.79 Å². The van der Waals surface area contributed by atoms with Crippen molar-refractivity contribution in [1.82, 2.24) is 0 Å². The molecule has 0 aliphatic carbocycles. The van der Waals surface area contributed by atoms with Gasteiger partial charge in [-0.2, -0.15) is 0 Å². The summed E-state index contributed by atoms with van der Waals surface area (Å²) >= 11 is 3.57. The second kappa shape index (κ2) is 7.46. The van der Waals surface area contributed by atoms with Crippen molar-refractivity contribution in [3.8, 4) is 5.75 Å². The maximum Gasteiger partial charge on any atom is 0.341 e. The summed E-state index contributed by atoms with van der Waals surface area (Å²) in [4.78, 5) is 12.2. The van der Waals surface area contributed by atoms with E-state index in [1.54, 1.807) is 6.92 Å². The van der Waals surface area contributed by atoms with Gasteiger partial charge in [-0.25, -0.2) is 4.79 Å². The van der Waals surface area contributed by atoms with E-state index >= 15 is 0 Å². The minimum absolute atomic E-state index is 0.345. The maximum atomic E-state index is 12.2. The van der Waals surface area contributed by atoms with Crippen LogP contribution in [-0.4, -0.2) is 19.2 Å². The summed E-state index contributed by atoms with van der Waals surface area (Å²) < 4.78 is 11.8. The molecule has 0 saturated carbocycles. The number of rotatable bonds is 6. The Kier molecular flexibility index (Phi) is 5.62. The quantitative estimate of drug-likeness (QED) is 0.545. The number of esters is 1. The average molecular weight is 351 g/mol. The highest BCUT2D eigenvalue weighted by atomic mass is 79.9. The van der Waals surface area contributed by atoms with Gasteiger partial charge in [0.15, 0.2) is 0 Å². The van der Waals surface area contributed by atoms with Gasteiger partial charge in [0.1, 0.15) is 11.3 Å². The lowest BCUT2D eigenvalue weighted by Gasteiger charge is -2.14. The second-order valence-corrected chi connectivity index (χ2v) is 5.50. The highest BCUT2D eigenvalue weighted by Crippen LogP contribution is 2.37. The van der Waals surface area contributed by atoms with Crippen LogP contribution < -0.4 is 4.74 Å². The summed E-state index contributed by atoms with van der Waals surface area (Å²) in [6.45, 7) is 4.83. The van der Waals surface area contributed by atoms with Crippen molar-refractivity contribution in [2.75, 3.05) is 13.2 Å². The third kappa shape index (κ3) is 3.56. The standard InChI is InChI=1S/C17H19BrO3/c1-3-5-10-21-16-14(17(19)20-4-2)11-12-8-6-7-9-13(12)15(16)18/h6-9,11H,3-5,10H2,1-2H3. The van der Waals surface area contributed by atoms with Gasteiger partial charge in [0, 0.05) is 0 Å². The summed E-state index contributed by atoms with van der Waals surface area (Å²) in [6, 6.07) is 9.72. The first-order chi connectivity index (χ1) is 10.2. The minimum Gasteiger partial charge on any atom is -0.491 e. The molecule has 3 nitrogen and oxygen atoms in total. The number of unbranched alkanes of at least 4 members (excludes halogenated alkanes) is 1. The molecule has 0 N–H and O–H groups in total. The summed E-state index contributed by atoms with van der Waals surface area (Å²) in [7, 11) is 0. The fraction of sp³-hybridized carbons (Fsp3) is 0.353. The van der Waals surface area contributed by atoms with Crippen LogP contribution in [0, 0.1) is 0 Å². The van der Waals surface area contributed by atoms with Crippen molar-refractivity contribution in [2.24, 2.45) is 0 Å². The Balaban J connectivity index is 2.51. The van der Waals surface area contributed by atoms with E-state index in [2.05, 4.69) is 22.9 Å². The van der Waals surface area contributed by atoms with Crippen LogP contribution in [0.4, 0.5) is 0 Å². The summed E-state index contributed by atoms with van der Waals surface area (Å²) in [5, 5.41) is 2.01. The number of benzene rings is 2. The Labute approximate surface area is 133 Å². The Morgan fingerprint density at radius 2 is 2.00 bits per heavy atom. The Hall–Kier alpha value is -1.55. The molecule has 0 amide bonds. The smallest absolute Gasteiger partial charge is 0.341 e. The van der Waals surface area contributed by atoms with Crippen molar-refractivity contribution in [3.05, 3.63) is 40.4 Å². The third-order valence-electron chi connectivity index (χ3n) is 3.18. The van der Waals surface area contributed by atoms with E-state index in [-0.39, 0.29) is 5.97 Å². The molecule has 2 aromatic carbocycles. The number of hydrogen-bond donors (Lipinski definition) is 0. The molecule has 0 unspecified atom stereocenters. The summed E-state index contributed by atoms with van der Waals surface area (Å²) in [5.74, 6) is 0.219. The highest BCUT2D eigenvalue weighted by molar-refractivity contribution is 9.10. The van der Waals surface area contributed by atoms with Gasteiger partial charge in [0.05, 0.1) is 17.7 Å². The molecule has 112 valence electrons. The molecule has 0 aromatic heterocycles. The van der Waals surface area contributed by atoms with Crippen molar-refractivity contribution < 1.29 is 14.3 Å². The molecule has 0 bridgehead atoms. The summed E-state index contributed by atoms with van der Waals surface area (Å²) in [6.07, 6.45) is 1.99. The van der Waals surface area contributed by atoms with Gasteiger partial charge in [-0.05, 0) is 46.1 Å². The predicted molar refractivity (Wildman–Crippen MR) is 88.0 cm³/mol. The molecular weight excluding hydrogens is 332 g/mol. The van der Waals surface area contributed by atoms with Crippen LogP contribution in [-0.2, 0) is 4.74 Å². The zero-order valence-corrected chi connectivity index (χ0v) is 13.9. The van der Waals surface area contributed by atoms with Crippen LogP contribution >= 0.6 is 15.9 Å². The maximum absolute atomic E-state index is 12.2. The van der Waals surface area contributed by atoms with Gasteiger partial charge in [-0.15, -0.1) is 0 Å². The van der Waals surface area contributed by atoms with Crippen molar-refractivity contribution in [2.45, 2.75) is 26.7 Å². The lowest BCUT2D eigenvalue weighted by atomic mass is 10.1. The first-order valence-electron chi connectivity index (χ1n) is 7.20. The molecule has 0 saturated heterocycles. The Bertz CT molecular complexity index is 637. The van der Waals surface area contributed by atoms with Gasteiger partial charge < -0.3 is 9.47 Å². The second-order valence-electron chi connectivity index (χ2n) is 4.71. The zero-order valence-electron chi connectivity index (χ0n) is 12.3. The fourth-order valence-corrected chi connectivity index (χ4v) is 2.79. The van der Waals surface area contributed by atoms with E-state index in [0.29, 0.717) is 24.5 Å². The normalized spacial score (nSPS) is 10.6. The number of carbonyl (C=O) groups excluding carboxylic acids is 1. The first kappa shape index (κ1) is 15.8. The number of carbonyl (C=O) groups is 1. The topological polar surface area (TPSA) is 35.5 Å². The lowest BCUT2D eigenvalue weighted by Crippen LogP contribution is -2.09. The van der Waals surface area contributed by atoms with E-state index in [0.717, 1.165) is 28.1 Å². The first-order valence-corrected chi connectivity index (χ1v) is 7.99. The molecule has 21 heavy (non-hydrogen) atoms. The molecule has 0 spiro atoms. The lowest BCUT2D eigenvalue weighted by molar-refractivity contribution is 0.0521. The van der Waals surface area contributed by atoms with Crippen LogP contribution in [0.2, 0.25) is 0 Å². The van der Waals surface area contributed by atoms with Gasteiger partial charge in [-0.3, -0.25) is 0 Å². The molecular formula is C17H19BrO3. The van der Waals surface area contributed by atoms with Gasteiger partial charge in [0.2, 0.25) is 0 Å². The monoisotopic (exact) mass is 350 g/mol. The van der Waals surface area contributed by atoms with E-state index in [1.807, 2.05) is 30.3 Å². The van der Waals surface area contributed by atoms with Crippen LogP contribution in [0.5, 0.6) is 5.75 Å². The molecule has 0 aliphatic rings. The number of fused-ring (bicyclic) bond motifs is 1. The Morgan fingerprint density at radius 3 is 2.71 bits per heavy atom. The van der Waals surface area contributed by atoms with Gasteiger partial charge in [-0.1, -0.05) is 37.6 Å². The number of halogens is 1. The third-order valence-corrected chi connectivity index (χ3v) is 3.97. The molecule has 2 aromatic rings. The van der Waals surface area contributed by atoms with E-state index < -0.39 is 0 Å².